The van der Waals surface area contributed by atoms with Crippen LogP contribution < -0.4 is 16.4 Å². The smallest absolute Gasteiger partial charge is 0.250 e. The van der Waals surface area contributed by atoms with E-state index >= 15 is 0 Å². The van der Waals surface area contributed by atoms with Gasteiger partial charge in [0.15, 0.2) is 0 Å². The van der Waals surface area contributed by atoms with Crippen molar-refractivity contribution >= 4 is 29.3 Å². The molecule has 0 aromatic heterocycles. The molecule has 3 aliphatic heterocycles. The molecule has 1 spiro atoms. The summed E-state index contributed by atoms with van der Waals surface area (Å²) in [5.41, 5.74) is 7.28. The number of nitrogens with two attached hydrogens (primary N) is 1. The number of hydrogen-bond donors (Lipinski definition) is 3. The van der Waals surface area contributed by atoms with Crippen molar-refractivity contribution in [2.45, 2.75) is 37.8 Å². The Bertz CT molecular complexity index is 1160. The Balaban J connectivity index is 1.53. The third-order valence-electron chi connectivity index (χ3n) is 7.22. The van der Waals surface area contributed by atoms with Gasteiger partial charge in [0.05, 0.1) is 11.8 Å². The number of primary amides is 1. The van der Waals surface area contributed by atoms with Crippen molar-refractivity contribution in [1.82, 2.24) is 10.2 Å². The third-order valence-corrected chi connectivity index (χ3v) is 7.22. The zero-order valence-corrected chi connectivity index (χ0v) is 18.3. The fraction of sp³-hybridized carbons (Fsp3) is 0.360. The van der Waals surface area contributed by atoms with Gasteiger partial charge in [-0.2, -0.15) is 0 Å². The number of anilines is 1. The van der Waals surface area contributed by atoms with Crippen LogP contribution in [-0.4, -0.2) is 41.1 Å². The number of rotatable bonds is 6. The molecule has 2 unspecified atom stereocenters. The number of fused-ring (bicyclic) bond motifs is 4. The van der Waals surface area contributed by atoms with Crippen molar-refractivity contribution in [1.29, 1.82) is 0 Å². The second kappa shape index (κ2) is 7.81. The molecule has 0 aliphatic carbocycles. The first-order chi connectivity index (χ1) is 15.8. The molecule has 8 nitrogen and oxygen atoms in total. The van der Waals surface area contributed by atoms with Gasteiger partial charge in [0.2, 0.25) is 23.6 Å². The number of nitrogens with zero attached hydrogens (tertiary/aromatic N) is 1. The number of carbonyl (C=O) groups is 4. The first-order valence-corrected chi connectivity index (χ1v) is 11.2. The van der Waals surface area contributed by atoms with Crippen LogP contribution in [0.3, 0.4) is 0 Å². The highest BCUT2D eigenvalue weighted by atomic mass is 16.2. The Morgan fingerprint density at radius 2 is 1.82 bits per heavy atom. The highest BCUT2D eigenvalue weighted by Gasteiger charge is 2.70. The largest absolute Gasteiger partial charge is 0.370 e. The van der Waals surface area contributed by atoms with Gasteiger partial charge in [0.1, 0.15) is 5.54 Å². The Morgan fingerprint density at radius 3 is 2.55 bits per heavy atom. The lowest BCUT2D eigenvalue weighted by Crippen LogP contribution is -2.53. The summed E-state index contributed by atoms with van der Waals surface area (Å²) in [6, 6.07) is 14.7. The van der Waals surface area contributed by atoms with Crippen LogP contribution in [0.2, 0.25) is 0 Å². The molecule has 8 heteroatoms. The lowest BCUT2D eigenvalue weighted by molar-refractivity contribution is -0.142. The number of benzene rings is 2. The van der Waals surface area contributed by atoms with E-state index in [1.807, 2.05) is 55.5 Å². The molecular formula is C25H26N4O4. The van der Waals surface area contributed by atoms with Crippen molar-refractivity contribution in [2.75, 3.05) is 11.9 Å². The van der Waals surface area contributed by atoms with Crippen molar-refractivity contribution < 1.29 is 19.2 Å². The van der Waals surface area contributed by atoms with Crippen LogP contribution in [-0.2, 0) is 31.1 Å². The van der Waals surface area contributed by atoms with Crippen LogP contribution in [0.15, 0.2) is 48.5 Å². The molecule has 2 saturated heterocycles. The number of nitrogens with one attached hydrogen (secondary N) is 2. The predicted octanol–water partition coefficient (Wildman–Crippen LogP) is 1.22. The minimum absolute atomic E-state index is 0.0603. The maximum Gasteiger partial charge on any atom is 0.250 e. The first kappa shape index (κ1) is 21.3. The Morgan fingerprint density at radius 1 is 1.06 bits per heavy atom. The minimum Gasteiger partial charge on any atom is -0.370 e. The summed E-state index contributed by atoms with van der Waals surface area (Å²) in [7, 11) is 0. The molecule has 5 rings (SSSR count). The molecule has 4 atom stereocenters. The Hall–Kier alpha value is -3.52. The fourth-order valence-electron chi connectivity index (χ4n) is 5.69. The second-order valence-electron chi connectivity index (χ2n) is 9.08. The molecule has 0 bridgehead atoms. The molecule has 2 fully saturated rings. The van der Waals surface area contributed by atoms with Gasteiger partial charge in [-0.05, 0) is 30.9 Å². The lowest BCUT2D eigenvalue weighted by Gasteiger charge is -2.29. The number of likely N-dealkylation sites (tertiary alicyclic amines) is 1. The van der Waals surface area contributed by atoms with E-state index in [1.165, 1.54) is 4.90 Å². The van der Waals surface area contributed by atoms with Crippen molar-refractivity contribution in [3.8, 4) is 0 Å². The summed E-state index contributed by atoms with van der Waals surface area (Å²) in [4.78, 5) is 53.4. The van der Waals surface area contributed by atoms with Gasteiger partial charge in [-0.25, -0.2) is 0 Å². The van der Waals surface area contributed by atoms with E-state index in [0.717, 1.165) is 11.1 Å². The monoisotopic (exact) mass is 446 g/mol. The topological polar surface area (TPSA) is 122 Å². The van der Waals surface area contributed by atoms with E-state index in [-0.39, 0.29) is 37.1 Å². The summed E-state index contributed by atoms with van der Waals surface area (Å²) < 4.78 is 0. The van der Waals surface area contributed by atoms with E-state index in [4.69, 9.17) is 5.73 Å². The van der Waals surface area contributed by atoms with Crippen LogP contribution in [0.25, 0.3) is 0 Å². The first-order valence-electron chi connectivity index (χ1n) is 11.2. The fourth-order valence-corrected chi connectivity index (χ4v) is 5.69. The van der Waals surface area contributed by atoms with Crippen molar-refractivity contribution in [3.63, 3.8) is 0 Å². The normalized spacial score (nSPS) is 27.7. The summed E-state index contributed by atoms with van der Waals surface area (Å²) in [5, 5.41) is 6.25. The number of aryl methyl sites for hydroxylation is 1. The Kier molecular flexibility index (Phi) is 5.05. The quantitative estimate of drug-likeness (QED) is 0.576. The molecule has 4 N–H and O–H groups in total. The highest BCUT2D eigenvalue weighted by Crippen LogP contribution is 2.54. The molecule has 2 aromatic rings. The minimum atomic E-state index is -1.34. The summed E-state index contributed by atoms with van der Waals surface area (Å²) >= 11 is 0. The highest BCUT2D eigenvalue weighted by molar-refractivity contribution is 6.15. The molecule has 3 aliphatic rings. The van der Waals surface area contributed by atoms with Crippen LogP contribution in [0, 0.1) is 18.8 Å². The van der Waals surface area contributed by atoms with Crippen LogP contribution in [0.5, 0.6) is 0 Å². The number of amides is 4. The number of imide groups is 1. The Labute approximate surface area is 191 Å². The van der Waals surface area contributed by atoms with E-state index in [9.17, 15) is 19.2 Å². The maximum atomic E-state index is 13.7. The van der Waals surface area contributed by atoms with Crippen molar-refractivity contribution in [3.05, 3.63) is 65.2 Å². The predicted molar refractivity (Wildman–Crippen MR) is 121 cm³/mol. The molecule has 0 radical (unpaired) electrons. The average molecular weight is 447 g/mol. The van der Waals surface area contributed by atoms with E-state index in [2.05, 4.69) is 10.6 Å². The third kappa shape index (κ3) is 3.16. The molecule has 3 heterocycles. The van der Waals surface area contributed by atoms with Crippen molar-refractivity contribution in [2.24, 2.45) is 17.6 Å². The second-order valence-corrected chi connectivity index (χ2v) is 9.08. The standard InChI is InChI=1S/C25H26N4O4/c1-14-6-5-9-16-21(14)27-24(33)25(16)20-19(17(28-25)10-11-18(26)30)22(31)29(23(20)32)13-12-15-7-3-2-4-8-15/h2-9,17,19-20,28H,10-13H2,1H3,(H2,26,30)(H,27,33)/t17?,19-,20+,25?/m1/s1. The zero-order valence-electron chi connectivity index (χ0n) is 18.3. The van der Waals surface area contributed by atoms with E-state index in [1.54, 1.807) is 0 Å². The molecule has 0 saturated carbocycles. The SMILES string of the molecule is Cc1cccc2c1NC(=O)C21NC(CCC(N)=O)[C@H]2C(=O)N(CCc3ccccc3)C(=O)[C@H]21. The summed E-state index contributed by atoms with van der Waals surface area (Å²) in [5.74, 6) is -3.08. The van der Waals surface area contributed by atoms with Gasteiger partial charge in [-0.3, -0.25) is 29.4 Å². The van der Waals surface area contributed by atoms with Crippen LogP contribution in [0.1, 0.15) is 29.5 Å². The van der Waals surface area contributed by atoms with Gasteiger partial charge in [0.25, 0.3) is 0 Å². The molecule has 33 heavy (non-hydrogen) atoms. The molecular weight excluding hydrogens is 420 g/mol. The van der Waals surface area contributed by atoms with E-state index in [0.29, 0.717) is 17.7 Å². The lowest BCUT2D eigenvalue weighted by atomic mass is 9.76. The van der Waals surface area contributed by atoms with Gasteiger partial charge >= 0.3 is 0 Å². The average Bonchev–Trinajstić information content (AvgIpc) is 3.38. The number of hydrogen-bond acceptors (Lipinski definition) is 5. The number of para-hydroxylation sites is 1. The van der Waals surface area contributed by atoms with Crippen LogP contribution in [0.4, 0.5) is 5.69 Å². The molecule has 2 aromatic carbocycles. The summed E-state index contributed by atoms with van der Waals surface area (Å²) in [6.07, 6.45) is 0.870. The van der Waals surface area contributed by atoms with Gasteiger partial charge in [-0.1, -0.05) is 48.5 Å². The molecule has 170 valence electrons. The maximum absolute atomic E-state index is 13.7. The zero-order chi connectivity index (χ0) is 23.3. The summed E-state index contributed by atoms with van der Waals surface area (Å²) in [6.45, 7) is 2.14. The van der Waals surface area contributed by atoms with Gasteiger partial charge in [-0.15, -0.1) is 0 Å². The van der Waals surface area contributed by atoms with Crippen LogP contribution >= 0.6 is 0 Å². The van der Waals surface area contributed by atoms with Gasteiger partial charge < -0.3 is 11.1 Å². The van der Waals surface area contributed by atoms with Gasteiger partial charge in [0, 0.05) is 30.3 Å². The number of carbonyl (C=O) groups excluding carboxylic acids is 4. The van der Waals surface area contributed by atoms with E-state index < -0.39 is 29.3 Å². The molecule has 4 amide bonds.